The van der Waals surface area contributed by atoms with E-state index in [1.54, 1.807) is 11.8 Å². The second-order valence-electron chi connectivity index (χ2n) is 4.01. The second kappa shape index (κ2) is 4.33. The molecule has 2 N–H and O–H groups in total. The van der Waals surface area contributed by atoms with Crippen molar-refractivity contribution in [3.05, 3.63) is 0 Å². The van der Waals surface area contributed by atoms with Gasteiger partial charge in [0, 0.05) is 13.1 Å². The van der Waals surface area contributed by atoms with Crippen molar-refractivity contribution in [3.8, 4) is 0 Å². The van der Waals surface area contributed by atoms with Crippen molar-refractivity contribution >= 4 is 17.7 Å². The van der Waals surface area contributed by atoms with E-state index in [0.29, 0.717) is 12.3 Å². The lowest BCUT2D eigenvalue weighted by Crippen LogP contribution is -2.35. The van der Waals surface area contributed by atoms with Crippen LogP contribution in [0.3, 0.4) is 0 Å². The van der Waals surface area contributed by atoms with E-state index < -0.39 is 0 Å². The molecule has 1 heterocycles. The van der Waals surface area contributed by atoms with Crippen LogP contribution < -0.4 is 5.73 Å². The molecular formula is C9H18N2OS. The molecule has 1 unspecified atom stereocenters. The fourth-order valence-electron chi connectivity index (χ4n) is 1.62. The van der Waals surface area contributed by atoms with Crippen molar-refractivity contribution in [2.75, 3.05) is 31.6 Å². The minimum atomic E-state index is 0.161. The normalized spacial score (nSPS) is 28.1. The van der Waals surface area contributed by atoms with Crippen LogP contribution in [0.2, 0.25) is 0 Å². The summed E-state index contributed by atoms with van der Waals surface area (Å²) in [4.78, 5) is 13.4. The van der Waals surface area contributed by atoms with Crippen LogP contribution in [0.4, 0.5) is 0 Å². The molecule has 1 aliphatic heterocycles. The van der Waals surface area contributed by atoms with Gasteiger partial charge in [0.2, 0.25) is 5.91 Å². The third-order valence-corrected chi connectivity index (χ3v) is 3.21. The molecule has 1 saturated heterocycles. The zero-order chi connectivity index (χ0) is 9.90. The van der Waals surface area contributed by atoms with Gasteiger partial charge in [0.1, 0.15) is 0 Å². The highest BCUT2D eigenvalue weighted by molar-refractivity contribution is 7.99. The lowest BCUT2D eigenvalue weighted by molar-refractivity contribution is -0.127. The first-order chi connectivity index (χ1) is 6.11. The molecule has 0 radical (unpaired) electrons. The molecule has 1 fully saturated rings. The Morgan fingerprint density at radius 3 is 2.85 bits per heavy atom. The van der Waals surface area contributed by atoms with Crippen molar-refractivity contribution in [2.45, 2.75) is 13.3 Å². The molecule has 0 bridgehead atoms. The summed E-state index contributed by atoms with van der Waals surface area (Å²) in [5, 5.41) is 0. The summed E-state index contributed by atoms with van der Waals surface area (Å²) in [6, 6.07) is 0. The first kappa shape index (κ1) is 10.9. The van der Waals surface area contributed by atoms with Crippen molar-refractivity contribution < 1.29 is 4.79 Å². The Morgan fingerprint density at radius 1 is 1.69 bits per heavy atom. The number of nitrogens with zero attached hydrogens (tertiary/aromatic N) is 1. The first-order valence-corrected chi connectivity index (χ1v) is 5.97. The number of hydrogen-bond donors (Lipinski definition) is 1. The predicted molar refractivity (Wildman–Crippen MR) is 56.7 cm³/mol. The molecule has 0 spiro atoms. The Hall–Kier alpha value is -0.220. The third kappa shape index (κ3) is 2.61. The Kier molecular flexibility index (Phi) is 3.62. The molecule has 0 saturated carbocycles. The van der Waals surface area contributed by atoms with Gasteiger partial charge in [0.25, 0.3) is 0 Å². The monoisotopic (exact) mass is 202 g/mol. The van der Waals surface area contributed by atoms with Gasteiger partial charge in [-0.15, -0.1) is 0 Å². The maximum atomic E-state index is 11.5. The summed E-state index contributed by atoms with van der Waals surface area (Å²) < 4.78 is 0. The SMILES string of the molecule is CSCC(=O)N1CCC(C)(CN)C1. The zero-order valence-corrected chi connectivity index (χ0v) is 9.19. The maximum Gasteiger partial charge on any atom is 0.232 e. The molecule has 0 aromatic carbocycles. The molecule has 13 heavy (non-hydrogen) atoms. The van der Waals surface area contributed by atoms with E-state index in [9.17, 15) is 4.79 Å². The molecule has 3 nitrogen and oxygen atoms in total. The lowest BCUT2D eigenvalue weighted by Gasteiger charge is -2.22. The number of amides is 1. The van der Waals surface area contributed by atoms with Crippen molar-refractivity contribution in [2.24, 2.45) is 11.1 Å². The highest BCUT2D eigenvalue weighted by Gasteiger charge is 2.34. The largest absolute Gasteiger partial charge is 0.341 e. The van der Waals surface area contributed by atoms with Crippen LogP contribution in [0.25, 0.3) is 0 Å². The van der Waals surface area contributed by atoms with Gasteiger partial charge < -0.3 is 10.6 Å². The summed E-state index contributed by atoms with van der Waals surface area (Å²) >= 11 is 1.58. The van der Waals surface area contributed by atoms with Gasteiger partial charge in [-0.05, 0) is 24.6 Å². The summed E-state index contributed by atoms with van der Waals surface area (Å²) in [6.45, 7) is 4.55. The van der Waals surface area contributed by atoms with Gasteiger partial charge >= 0.3 is 0 Å². The zero-order valence-electron chi connectivity index (χ0n) is 8.38. The minimum absolute atomic E-state index is 0.161. The third-order valence-electron chi connectivity index (χ3n) is 2.67. The fourth-order valence-corrected chi connectivity index (χ4v) is 2.05. The van der Waals surface area contributed by atoms with E-state index in [-0.39, 0.29) is 11.3 Å². The van der Waals surface area contributed by atoms with Crippen LogP contribution in [0, 0.1) is 5.41 Å². The quantitative estimate of drug-likeness (QED) is 0.727. The maximum absolute atomic E-state index is 11.5. The van der Waals surface area contributed by atoms with E-state index in [2.05, 4.69) is 6.92 Å². The van der Waals surface area contributed by atoms with Crippen LogP contribution in [0.1, 0.15) is 13.3 Å². The molecule has 0 aromatic rings. The van der Waals surface area contributed by atoms with Gasteiger partial charge in [0.15, 0.2) is 0 Å². The molecule has 0 aromatic heterocycles. The molecule has 1 rings (SSSR count). The van der Waals surface area contributed by atoms with E-state index in [0.717, 1.165) is 19.5 Å². The molecular weight excluding hydrogens is 184 g/mol. The number of rotatable bonds is 3. The molecule has 76 valence electrons. The van der Waals surface area contributed by atoms with Gasteiger partial charge in [-0.1, -0.05) is 6.92 Å². The van der Waals surface area contributed by atoms with Gasteiger partial charge in [-0.25, -0.2) is 0 Å². The number of carbonyl (C=O) groups excluding carboxylic acids is 1. The number of likely N-dealkylation sites (tertiary alicyclic amines) is 1. The minimum Gasteiger partial charge on any atom is -0.341 e. The number of thioether (sulfide) groups is 1. The average Bonchev–Trinajstić information content (AvgIpc) is 2.50. The standard InChI is InChI=1S/C9H18N2OS/c1-9(6-10)3-4-11(7-9)8(12)5-13-2/h3-7,10H2,1-2H3. The molecule has 1 aliphatic rings. The summed E-state index contributed by atoms with van der Waals surface area (Å²) in [5.74, 6) is 0.852. The Labute approximate surface area is 84.0 Å². The molecule has 1 amide bonds. The first-order valence-electron chi connectivity index (χ1n) is 4.58. The van der Waals surface area contributed by atoms with E-state index in [1.165, 1.54) is 0 Å². The van der Waals surface area contributed by atoms with Crippen molar-refractivity contribution in [1.29, 1.82) is 0 Å². The molecule has 0 aliphatic carbocycles. The van der Waals surface area contributed by atoms with Crippen LogP contribution in [-0.2, 0) is 4.79 Å². The Balaban J connectivity index is 2.45. The number of nitrogens with two attached hydrogens (primary N) is 1. The van der Waals surface area contributed by atoms with Crippen LogP contribution in [0.5, 0.6) is 0 Å². The Morgan fingerprint density at radius 2 is 2.38 bits per heavy atom. The van der Waals surface area contributed by atoms with Gasteiger partial charge in [-0.2, -0.15) is 11.8 Å². The molecule has 4 heteroatoms. The fraction of sp³-hybridized carbons (Fsp3) is 0.889. The summed E-state index contributed by atoms with van der Waals surface area (Å²) in [7, 11) is 0. The number of carbonyl (C=O) groups is 1. The van der Waals surface area contributed by atoms with Crippen molar-refractivity contribution in [1.82, 2.24) is 4.90 Å². The topological polar surface area (TPSA) is 46.3 Å². The summed E-state index contributed by atoms with van der Waals surface area (Å²) in [5.41, 5.74) is 5.82. The second-order valence-corrected chi connectivity index (χ2v) is 4.88. The van der Waals surface area contributed by atoms with Crippen LogP contribution in [-0.4, -0.2) is 42.4 Å². The van der Waals surface area contributed by atoms with Gasteiger partial charge in [0.05, 0.1) is 5.75 Å². The Bertz CT molecular complexity index is 198. The highest BCUT2D eigenvalue weighted by atomic mass is 32.2. The predicted octanol–water partition coefficient (Wildman–Crippen LogP) is 0.547. The van der Waals surface area contributed by atoms with Crippen LogP contribution in [0.15, 0.2) is 0 Å². The molecule has 1 atom stereocenters. The number of hydrogen-bond acceptors (Lipinski definition) is 3. The average molecular weight is 202 g/mol. The van der Waals surface area contributed by atoms with E-state index in [1.807, 2.05) is 11.2 Å². The van der Waals surface area contributed by atoms with Crippen molar-refractivity contribution in [3.63, 3.8) is 0 Å². The van der Waals surface area contributed by atoms with Crippen LogP contribution >= 0.6 is 11.8 Å². The van der Waals surface area contributed by atoms with E-state index in [4.69, 9.17) is 5.73 Å². The highest BCUT2D eigenvalue weighted by Crippen LogP contribution is 2.28. The summed E-state index contributed by atoms with van der Waals surface area (Å²) in [6.07, 6.45) is 3.00. The van der Waals surface area contributed by atoms with E-state index >= 15 is 0 Å². The van der Waals surface area contributed by atoms with Gasteiger partial charge in [-0.3, -0.25) is 4.79 Å². The smallest absolute Gasteiger partial charge is 0.232 e. The lowest BCUT2D eigenvalue weighted by atomic mass is 9.90.